The molecule has 1 unspecified atom stereocenters. The predicted octanol–water partition coefficient (Wildman–Crippen LogP) is 2.36. The Bertz CT molecular complexity index is 812. The fourth-order valence-electron chi connectivity index (χ4n) is 2.74. The van der Waals surface area contributed by atoms with Crippen molar-refractivity contribution in [3.63, 3.8) is 0 Å². The molecule has 2 aromatic rings. The molecule has 2 aromatic heterocycles. The van der Waals surface area contributed by atoms with Crippen LogP contribution in [0.3, 0.4) is 0 Å². The molecular weight excluding hydrogens is 331 g/mol. The van der Waals surface area contributed by atoms with Gasteiger partial charge in [-0.25, -0.2) is 4.98 Å². The Kier molecular flexibility index (Phi) is 3.91. The summed E-state index contributed by atoms with van der Waals surface area (Å²) in [6.45, 7) is 0.654. The van der Waals surface area contributed by atoms with Crippen molar-refractivity contribution in [2.45, 2.75) is 32.0 Å². The molecule has 0 spiro atoms. The molecule has 1 atom stereocenters. The maximum absolute atomic E-state index is 12.5. The molecule has 0 bridgehead atoms. The Hall–Kier alpha value is -1.90. The number of alkyl halides is 3. The van der Waals surface area contributed by atoms with E-state index >= 15 is 0 Å². The normalized spacial score (nSPS) is 19.0. The van der Waals surface area contributed by atoms with Crippen LogP contribution in [0.2, 0.25) is 0 Å². The van der Waals surface area contributed by atoms with E-state index in [1.54, 1.807) is 6.07 Å². The third-order valence-electron chi connectivity index (χ3n) is 3.85. The third-order valence-corrected chi connectivity index (χ3v) is 5.04. The number of halogens is 3. The van der Waals surface area contributed by atoms with Gasteiger partial charge in [-0.1, -0.05) is 6.92 Å². The van der Waals surface area contributed by atoms with Gasteiger partial charge in [0.2, 0.25) is 5.91 Å². The van der Waals surface area contributed by atoms with E-state index in [0.717, 1.165) is 20.8 Å². The molecule has 9 heteroatoms. The highest BCUT2D eigenvalue weighted by atomic mass is 32.1. The van der Waals surface area contributed by atoms with E-state index in [-0.39, 0.29) is 18.5 Å². The van der Waals surface area contributed by atoms with Crippen LogP contribution in [-0.2, 0) is 11.2 Å². The van der Waals surface area contributed by atoms with E-state index in [9.17, 15) is 22.8 Å². The first kappa shape index (κ1) is 16.0. The van der Waals surface area contributed by atoms with E-state index in [4.69, 9.17) is 0 Å². The molecule has 23 heavy (non-hydrogen) atoms. The van der Waals surface area contributed by atoms with E-state index in [1.165, 1.54) is 17.7 Å². The highest BCUT2D eigenvalue weighted by Gasteiger charge is 2.40. The van der Waals surface area contributed by atoms with Gasteiger partial charge >= 0.3 is 6.18 Å². The van der Waals surface area contributed by atoms with Crippen molar-refractivity contribution in [3.05, 3.63) is 27.6 Å². The molecule has 0 N–H and O–H groups in total. The number of aromatic nitrogens is 2. The van der Waals surface area contributed by atoms with Crippen molar-refractivity contribution < 1.29 is 18.0 Å². The summed E-state index contributed by atoms with van der Waals surface area (Å²) < 4.78 is 38.6. The summed E-state index contributed by atoms with van der Waals surface area (Å²) >= 11 is 1.40. The molecule has 1 aliphatic heterocycles. The summed E-state index contributed by atoms with van der Waals surface area (Å²) in [4.78, 5) is 31.2. The van der Waals surface area contributed by atoms with Gasteiger partial charge in [0.05, 0.1) is 11.7 Å². The number of hydrogen-bond acceptors (Lipinski definition) is 4. The second-order valence-corrected chi connectivity index (χ2v) is 6.54. The van der Waals surface area contributed by atoms with Crippen molar-refractivity contribution in [3.8, 4) is 0 Å². The first-order chi connectivity index (χ1) is 10.8. The second-order valence-electron chi connectivity index (χ2n) is 5.42. The first-order valence-electron chi connectivity index (χ1n) is 7.15. The van der Waals surface area contributed by atoms with Gasteiger partial charge in [0.1, 0.15) is 17.4 Å². The lowest BCUT2D eigenvalue weighted by molar-refractivity contribution is -0.158. The van der Waals surface area contributed by atoms with Gasteiger partial charge in [-0.2, -0.15) is 13.2 Å². The van der Waals surface area contributed by atoms with Crippen LogP contribution in [0.1, 0.15) is 24.3 Å². The van der Waals surface area contributed by atoms with Crippen LogP contribution in [0.15, 0.2) is 17.2 Å². The summed E-state index contributed by atoms with van der Waals surface area (Å²) in [5.41, 5.74) is -0.377. The lowest BCUT2D eigenvalue weighted by Gasteiger charge is -2.18. The van der Waals surface area contributed by atoms with Crippen LogP contribution in [-0.4, -0.2) is 39.6 Å². The number of carbonyl (C=O) groups excluding carboxylic acids is 1. The fourth-order valence-corrected chi connectivity index (χ4v) is 3.66. The molecule has 1 aliphatic rings. The molecule has 5 nitrogen and oxygen atoms in total. The van der Waals surface area contributed by atoms with Crippen LogP contribution < -0.4 is 5.56 Å². The summed E-state index contributed by atoms with van der Waals surface area (Å²) in [5, 5.41) is 0.413. The van der Waals surface area contributed by atoms with Crippen molar-refractivity contribution in [2.75, 3.05) is 13.1 Å². The minimum absolute atomic E-state index is 0.0165. The molecule has 3 rings (SSSR count). The van der Waals surface area contributed by atoms with Gasteiger partial charge in [0, 0.05) is 11.4 Å². The summed E-state index contributed by atoms with van der Waals surface area (Å²) in [6, 6.07) is 0.824. The molecule has 0 aliphatic carbocycles. The first-order valence-corrected chi connectivity index (χ1v) is 7.97. The lowest BCUT2D eigenvalue weighted by atomic mass is 10.2. The minimum Gasteiger partial charge on any atom is -0.332 e. The summed E-state index contributed by atoms with van der Waals surface area (Å²) in [7, 11) is 0. The number of amides is 1. The largest absolute Gasteiger partial charge is 0.406 e. The summed E-state index contributed by atoms with van der Waals surface area (Å²) in [6.07, 6.45) is -2.24. The maximum Gasteiger partial charge on any atom is 0.406 e. The zero-order valence-electron chi connectivity index (χ0n) is 12.3. The standard InChI is InChI=1S/C14H14F3N3O2S/c1-2-8-5-9-11(23-8)18-7-20(12(9)21)10-3-4-19(13(10)22)6-14(15,16)17/h5,7,10H,2-4,6H2,1H3. The predicted molar refractivity (Wildman–Crippen MR) is 79.5 cm³/mol. The minimum atomic E-state index is -4.44. The molecule has 3 heterocycles. The highest BCUT2D eigenvalue weighted by molar-refractivity contribution is 7.18. The van der Waals surface area contributed by atoms with Crippen LogP contribution in [0.25, 0.3) is 10.2 Å². The second kappa shape index (κ2) is 5.63. The molecule has 0 radical (unpaired) electrons. The monoisotopic (exact) mass is 345 g/mol. The molecule has 0 aromatic carbocycles. The fraction of sp³-hybridized carbons (Fsp3) is 0.500. The maximum atomic E-state index is 12.5. The number of likely N-dealkylation sites (tertiary alicyclic amines) is 1. The lowest BCUT2D eigenvalue weighted by Crippen LogP contribution is -2.38. The van der Waals surface area contributed by atoms with Gasteiger partial charge in [-0.3, -0.25) is 14.2 Å². The van der Waals surface area contributed by atoms with Crippen LogP contribution in [0.5, 0.6) is 0 Å². The average Bonchev–Trinajstić information content (AvgIpc) is 3.04. The van der Waals surface area contributed by atoms with Crippen molar-refractivity contribution in [1.29, 1.82) is 0 Å². The molecule has 1 fully saturated rings. The number of fused-ring (bicyclic) bond motifs is 1. The molecule has 1 amide bonds. The van der Waals surface area contributed by atoms with Crippen molar-refractivity contribution in [1.82, 2.24) is 14.5 Å². The zero-order chi connectivity index (χ0) is 16.8. The Labute approximate surface area is 133 Å². The van der Waals surface area contributed by atoms with E-state index < -0.39 is 24.7 Å². The Balaban J connectivity index is 1.93. The van der Waals surface area contributed by atoms with E-state index in [2.05, 4.69) is 4.98 Å². The number of nitrogens with zero attached hydrogens (tertiary/aromatic N) is 3. The molecule has 1 saturated heterocycles. The van der Waals surface area contributed by atoms with Crippen molar-refractivity contribution in [2.24, 2.45) is 0 Å². The number of carbonyl (C=O) groups is 1. The van der Waals surface area contributed by atoms with Crippen molar-refractivity contribution >= 4 is 27.5 Å². The quantitative estimate of drug-likeness (QED) is 0.858. The number of thiophene rings is 1. The van der Waals surface area contributed by atoms with Crippen LogP contribution >= 0.6 is 11.3 Å². The Morgan fingerprint density at radius 3 is 2.78 bits per heavy atom. The van der Waals surface area contributed by atoms with E-state index in [0.29, 0.717) is 10.2 Å². The van der Waals surface area contributed by atoms with Crippen LogP contribution in [0.4, 0.5) is 13.2 Å². The van der Waals surface area contributed by atoms with Gasteiger partial charge in [-0.15, -0.1) is 11.3 Å². The van der Waals surface area contributed by atoms with Gasteiger partial charge < -0.3 is 4.90 Å². The Morgan fingerprint density at radius 1 is 1.39 bits per heavy atom. The zero-order valence-corrected chi connectivity index (χ0v) is 13.1. The summed E-state index contributed by atoms with van der Waals surface area (Å²) in [5.74, 6) is -0.684. The molecular formula is C14H14F3N3O2S. The van der Waals surface area contributed by atoms with Crippen LogP contribution in [0, 0.1) is 0 Å². The average molecular weight is 345 g/mol. The van der Waals surface area contributed by atoms with E-state index in [1.807, 2.05) is 6.92 Å². The topological polar surface area (TPSA) is 55.2 Å². The smallest absolute Gasteiger partial charge is 0.332 e. The molecule has 124 valence electrons. The Morgan fingerprint density at radius 2 is 2.13 bits per heavy atom. The van der Waals surface area contributed by atoms with Gasteiger partial charge in [0.15, 0.2) is 0 Å². The van der Waals surface area contributed by atoms with Gasteiger partial charge in [-0.05, 0) is 18.9 Å². The highest BCUT2D eigenvalue weighted by Crippen LogP contribution is 2.27. The number of hydrogen-bond donors (Lipinski definition) is 0. The number of rotatable bonds is 3. The molecule has 0 saturated carbocycles. The third kappa shape index (κ3) is 2.97. The van der Waals surface area contributed by atoms with Gasteiger partial charge in [0.25, 0.3) is 5.56 Å². The SMILES string of the molecule is CCc1cc2c(=O)n(C3CCN(CC(F)(F)F)C3=O)cnc2s1. The number of aryl methyl sites for hydroxylation is 1.